The zero-order chi connectivity index (χ0) is 19.6. The summed E-state index contributed by atoms with van der Waals surface area (Å²) in [6, 6.07) is 16.6. The first-order valence-electron chi connectivity index (χ1n) is 9.40. The average Bonchev–Trinajstić information content (AvgIpc) is 2.69. The van der Waals surface area contributed by atoms with Gasteiger partial charge in [-0.3, -0.25) is 9.59 Å². The van der Waals surface area contributed by atoms with Crippen LogP contribution in [0.3, 0.4) is 0 Å². The molecule has 0 unspecified atom stereocenters. The van der Waals surface area contributed by atoms with Gasteiger partial charge in [0.15, 0.2) is 0 Å². The van der Waals surface area contributed by atoms with E-state index >= 15 is 0 Å². The smallest absolute Gasteiger partial charge is 0.243 e. The Labute approximate surface area is 166 Å². The molecule has 0 aliphatic rings. The predicted molar refractivity (Wildman–Crippen MR) is 110 cm³/mol. The van der Waals surface area contributed by atoms with E-state index in [-0.39, 0.29) is 11.8 Å². The van der Waals surface area contributed by atoms with Crippen molar-refractivity contribution < 1.29 is 9.59 Å². The second kappa shape index (κ2) is 10.7. The highest BCUT2D eigenvalue weighted by molar-refractivity contribution is 6.30. The molecule has 27 heavy (non-hydrogen) atoms. The van der Waals surface area contributed by atoms with E-state index < -0.39 is 6.04 Å². The summed E-state index contributed by atoms with van der Waals surface area (Å²) in [4.78, 5) is 27.3. The molecule has 2 aromatic rings. The molecule has 0 aliphatic heterocycles. The fourth-order valence-corrected chi connectivity index (χ4v) is 3.17. The lowest BCUT2D eigenvalue weighted by Crippen LogP contribution is -2.50. The molecule has 0 bridgehead atoms. The van der Waals surface area contributed by atoms with Crippen LogP contribution in [-0.4, -0.2) is 29.3 Å². The summed E-state index contributed by atoms with van der Waals surface area (Å²) in [6.07, 6.45) is 1.66. The van der Waals surface area contributed by atoms with Gasteiger partial charge in [-0.2, -0.15) is 0 Å². The predicted octanol–water partition coefficient (Wildman–Crippen LogP) is 4.22. The van der Waals surface area contributed by atoms with E-state index in [9.17, 15) is 9.59 Å². The second-order valence-corrected chi connectivity index (χ2v) is 6.94. The average molecular weight is 387 g/mol. The lowest BCUT2D eigenvalue weighted by atomic mass is 10.0. The lowest BCUT2D eigenvalue weighted by Gasteiger charge is -2.31. The van der Waals surface area contributed by atoms with Gasteiger partial charge in [0, 0.05) is 31.0 Å². The van der Waals surface area contributed by atoms with Gasteiger partial charge < -0.3 is 10.2 Å². The van der Waals surface area contributed by atoms with Crippen molar-refractivity contribution in [3.8, 4) is 0 Å². The van der Waals surface area contributed by atoms with Crippen molar-refractivity contribution >= 4 is 23.4 Å². The van der Waals surface area contributed by atoms with Crippen molar-refractivity contribution in [3.05, 3.63) is 70.7 Å². The maximum absolute atomic E-state index is 12.9. The fourth-order valence-electron chi connectivity index (χ4n) is 2.96. The molecule has 1 N–H and O–H groups in total. The first kappa shape index (κ1) is 21.0. The lowest BCUT2D eigenvalue weighted by molar-refractivity contribution is -0.141. The Morgan fingerprint density at radius 3 is 2.37 bits per heavy atom. The SMILES string of the molecule is CCCNC(=O)[C@H](Cc1ccccc1)N(Cc1cccc(Cl)c1)C(=O)CC. The second-order valence-electron chi connectivity index (χ2n) is 6.50. The molecule has 5 heteroatoms. The van der Waals surface area contributed by atoms with E-state index in [0.717, 1.165) is 17.5 Å². The van der Waals surface area contributed by atoms with Crippen LogP contribution in [0.2, 0.25) is 5.02 Å². The monoisotopic (exact) mass is 386 g/mol. The molecule has 2 rings (SSSR count). The summed E-state index contributed by atoms with van der Waals surface area (Å²) in [5.41, 5.74) is 1.93. The third-order valence-corrected chi connectivity index (χ3v) is 4.60. The van der Waals surface area contributed by atoms with E-state index in [0.29, 0.717) is 31.0 Å². The van der Waals surface area contributed by atoms with Crippen LogP contribution < -0.4 is 5.32 Å². The Hall–Kier alpha value is -2.33. The van der Waals surface area contributed by atoms with E-state index in [2.05, 4.69) is 5.32 Å². The number of carbonyl (C=O) groups is 2. The molecule has 0 spiro atoms. The number of nitrogens with zero attached hydrogens (tertiary/aromatic N) is 1. The number of amides is 2. The molecular formula is C22H27ClN2O2. The molecule has 1 atom stereocenters. The molecule has 0 heterocycles. The molecule has 0 saturated heterocycles. The highest BCUT2D eigenvalue weighted by Crippen LogP contribution is 2.18. The van der Waals surface area contributed by atoms with Crippen molar-refractivity contribution in [1.29, 1.82) is 0 Å². The Morgan fingerprint density at radius 2 is 1.74 bits per heavy atom. The van der Waals surface area contributed by atoms with Crippen molar-refractivity contribution in [2.45, 2.75) is 45.7 Å². The summed E-state index contributed by atoms with van der Waals surface area (Å²) >= 11 is 6.10. The Balaban J connectivity index is 2.32. The van der Waals surface area contributed by atoms with Crippen LogP contribution in [-0.2, 0) is 22.6 Å². The number of hydrogen-bond donors (Lipinski definition) is 1. The van der Waals surface area contributed by atoms with Gasteiger partial charge in [0.2, 0.25) is 11.8 Å². The highest BCUT2D eigenvalue weighted by atomic mass is 35.5. The van der Waals surface area contributed by atoms with Gasteiger partial charge in [-0.05, 0) is 29.7 Å². The highest BCUT2D eigenvalue weighted by Gasteiger charge is 2.29. The minimum absolute atomic E-state index is 0.0532. The van der Waals surface area contributed by atoms with E-state index in [1.54, 1.807) is 11.0 Å². The summed E-state index contributed by atoms with van der Waals surface area (Å²) in [6.45, 7) is 4.77. The van der Waals surface area contributed by atoms with Crippen LogP contribution >= 0.6 is 11.6 Å². The topological polar surface area (TPSA) is 49.4 Å². The minimum Gasteiger partial charge on any atom is -0.354 e. The molecule has 2 amide bonds. The van der Waals surface area contributed by atoms with Crippen LogP contribution in [0.25, 0.3) is 0 Å². The standard InChI is InChI=1S/C22H27ClN2O2/c1-3-13-24-22(27)20(15-17-9-6-5-7-10-17)25(21(26)4-2)16-18-11-8-12-19(23)14-18/h5-12,14,20H,3-4,13,15-16H2,1-2H3,(H,24,27)/t20-/m0/s1. The summed E-state index contributed by atoms with van der Waals surface area (Å²) in [5, 5.41) is 3.57. The zero-order valence-corrected chi connectivity index (χ0v) is 16.7. The van der Waals surface area contributed by atoms with Crippen LogP contribution in [0.4, 0.5) is 0 Å². The quantitative estimate of drug-likeness (QED) is 0.701. The summed E-state index contributed by atoms with van der Waals surface area (Å²) in [5.74, 6) is -0.174. The number of benzene rings is 2. The normalized spacial score (nSPS) is 11.7. The van der Waals surface area contributed by atoms with Crippen LogP contribution in [0.15, 0.2) is 54.6 Å². The molecule has 0 radical (unpaired) electrons. The van der Waals surface area contributed by atoms with Gasteiger partial charge in [0.1, 0.15) is 6.04 Å². The number of halogens is 1. The van der Waals surface area contributed by atoms with Crippen molar-refractivity contribution in [2.75, 3.05) is 6.54 Å². The van der Waals surface area contributed by atoms with E-state index in [4.69, 9.17) is 11.6 Å². The molecule has 0 aromatic heterocycles. The molecule has 2 aromatic carbocycles. The van der Waals surface area contributed by atoms with Gasteiger partial charge in [-0.15, -0.1) is 0 Å². The molecule has 4 nitrogen and oxygen atoms in total. The number of rotatable bonds is 9. The minimum atomic E-state index is -0.564. The summed E-state index contributed by atoms with van der Waals surface area (Å²) < 4.78 is 0. The Morgan fingerprint density at radius 1 is 1.04 bits per heavy atom. The van der Waals surface area contributed by atoms with Crippen molar-refractivity contribution in [1.82, 2.24) is 10.2 Å². The van der Waals surface area contributed by atoms with Crippen LogP contribution in [0.1, 0.15) is 37.8 Å². The largest absolute Gasteiger partial charge is 0.354 e. The number of hydrogen-bond acceptors (Lipinski definition) is 2. The molecular weight excluding hydrogens is 360 g/mol. The van der Waals surface area contributed by atoms with Gasteiger partial charge in [0.25, 0.3) is 0 Å². The maximum atomic E-state index is 12.9. The number of carbonyl (C=O) groups excluding carboxylic acids is 2. The van der Waals surface area contributed by atoms with E-state index in [1.165, 1.54) is 0 Å². The molecule has 144 valence electrons. The first-order valence-corrected chi connectivity index (χ1v) is 9.78. The Bertz CT molecular complexity index is 749. The van der Waals surface area contributed by atoms with Gasteiger partial charge in [-0.1, -0.05) is 67.9 Å². The van der Waals surface area contributed by atoms with E-state index in [1.807, 2.05) is 62.4 Å². The Kier molecular flexibility index (Phi) is 8.34. The fraction of sp³-hybridized carbons (Fsp3) is 0.364. The third kappa shape index (κ3) is 6.40. The van der Waals surface area contributed by atoms with Crippen LogP contribution in [0.5, 0.6) is 0 Å². The zero-order valence-electron chi connectivity index (χ0n) is 16.0. The molecule has 0 saturated carbocycles. The number of nitrogens with one attached hydrogen (secondary N) is 1. The van der Waals surface area contributed by atoms with Crippen molar-refractivity contribution in [2.24, 2.45) is 0 Å². The van der Waals surface area contributed by atoms with Crippen molar-refractivity contribution in [3.63, 3.8) is 0 Å². The van der Waals surface area contributed by atoms with Crippen LogP contribution in [0, 0.1) is 0 Å². The molecule has 0 aliphatic carbocycles. The maximum Gasteiger partial charge on any atom is 0.243 e. The molecule has 0 fully saturated rings. The third-order valence-electron chi connectivity index (χ3n) is 4.36. The van der Waals surface area contributed by atoms with Gasteiger partial charge in [0.05, 0.1) is 0 Å². The first-order chi connectivity index (χ1) is 13.0. The van der Waals surface area contributed by atoms with Gasteiger partial charge >= 0.3 is 0 Å². The summed E-state index contributed by atoms with van der Waals surface area (Å²) in [7, 11) is 0. The van der Waals surface area contributed by atoms with Gasteiger partial charge in [-0.25, -0.2) is 0 Å².